The molecular formula is C24H27NO4. The third kappa shape index (κ3) is 4.74. The molecule has 1 fully saturated rings. The van der Waals surface area contributed by atoms with E-state index < -0.39 is 0 Å². The van der Waals surface area contributed by atoms with Crippen LogP contribution >= 0.6 is 0 Å². The van der Waals surface area contributed by atoms with Gasteiger partial charge in [0.15, 0.2) is 17.2 Å². The van der Waals surface area contributed by atoms with E-state index in [0.29, 0.717) is 43.4 Å². The maximum atomic E-state index is 12.6. The first kappa shape index (κ1) is 19.8. The fourth-order valence-corrected chi connectivity index (χ4v) is 3.90. The van der Waals surface area contributed by atoms with Crippen LogP contribution in [-0.4, -0.2) is 24.2 Å². The second-order valence-electron chi connectivity index (χ2n) is 7.65. The lowest BCUT2D eigenvalue weighted by atomic mass is 9.98. The standard InChI is InChI=1S/C24H27NO4/c1-2-21-23(29-25-24(21)22(26)10-8-17-11-12-27-14-17)16-28-15-18-7-9-19-5-3-4-6-20(19)13-18/h3-7,9,13,17H,2,8,10-12,14-16H2,1H3. The van der Waals surface area contributed by atoms with Crippen LogP contribution in [0.1, 0.15) is 53.6 Å². The van der Waals surface area contributed by atoms with Crippen LogP contribution in [0.4, 0.5) is 0 Å². The first-order valence-electron chi connectivity index (χ1n) is 10.4. The van der Waals surface area contributed by atoms with Crippen molar-refractivity contribution in [1.29, 1.82) is 0 Å². The molecule has 0 radical (unpaired) electrons. The van der Waals surface area contributed by atoms with Crippen LogP contribution in [0.15, 0.2) is 47.0 Å². The maximum Gasteiger partial charge on any atom is 0.185 e. The van der Waals surface area contributed by atoms with Gasteiger partial charge in [0.1, 0.15) is 6.61 Å². The van der Waals surface area contributed by atoms with Crippen LogP contribution in [0.3, 0.4) is 0 Å². The number of hydrogen-bond acceptors (Lipinski definition) is 5. The summed E-state index contributed by atoms with van der Waals surface area (Å²) in [5.41, 5.74) is 2.45. The fraction of sp³-hybridized carbons (Fsp3) is 0.417. The summed E-state index contributed by atoms with van der Waals surface area (Å²) in [4.78, 5) is 12.6. The van der Waals surface area contributed by atoms with Crippen molar-refractivity contribution in [3.05, 3.63) is 65.0 Å². The molecule has 152 valence electrons. The van der Waals surface area contributed by atoms with Crippen molar-refractivity contribution < 1.29 is 18.8 Å². The minimum Gasteiger partial charge on any atom is -0.381 e. The Kier molecular flexibility index (Phi) is 6.37. The zero-order chi connectivity index (χ0) is 20.1. The van der Waals surface area contributed by atoms with Gasteiger partial charge in [-0.1, -0.05) is 48.5 Å². The number of nitrogens with zero attached hydrogens (tertiary/aromatic N) is 1. The predicted molar refractivity (Wildman–Crippen MR) is 111 cm³/mol. The molecule has 0 amide bonds. The van der Waals surface area contributed by atoms with Crippen molar-refractivity contribution in [3.8, 4) is 0 Å². The maximum absolute atomic E-state index is 12.6. The third-order valence-electron chi connectivity index (χ3n) is 5.61. The Labute approximate surface area is 171 Å². The smallest absolute Gasteiger partial charge is 0.185 e. The van der Waals surface area contributed by atoms with Gasteiger partial charge in [-0.2, -0.15) is 0 Å². The Balaban J connectivity index is 1.35. The molecule has 2 heterocycles. The van der Waals surface area contributed by atoms with Crippen molar-refractivity contribution in [2.24, 2.45) is 5.92 Å². The lowest BCUT2D eigenvalue weighted by Crippen LogP contribution is -2.08. The second-order valence-corrected chi connectivity index (χ2v) is 7.65. The van der Waals surface area contributed by atoms with Gasteiger partial charge in [0.05, 0.1) is 6.61 Å². The molecule has 1 unspecified atom stereocenters. The molecule has 3 aromatic rings. The number of ether oxygens (including phenoxy) is 2. The molecule has 5 nitrogen and oxygen atoms in total. The molecule has 1 atom stereocenters. The summed E-state index contributed by atoms with van der Waals surface area (Å²) in [6.07, 6.45) is 3.08. The van der Waals surface area contributed by atoms with Gasteiger partial charge in [0.2, 0.25) is 0 Å². The number of carbonyl (C=O) groups excluding carboxylic acids is 1. The fourth-order valence-electron chi connectivity index (χ4n) is 3.90. The largest absolute Gasteiger partial charge is 0.381 e. The molecule has 1 aromatic heterocycles. The first-order chi connectivity index (χ1) is 14.2. The zero-order valence-electron chi connectivity index (χ0n) is 16.9. The normalized spacial score (nSPS) is 16.5. The lowest BCUT2D eigenvalue weighted by Gasteiger charge is -2.06. The molecule has 0 N–H and O–H groups in total. The number of fused-ring (bicyclic) bond motifs is 1. The van der Waals surface area contributed by atoms with Crippen LogP contribution in [0, 0.1) is 5.92 Å². The van der Waals surface area contributed by atoms with Gasteiger partial charge in [-0.15, -0.1) is 0 Å². The number of benzene rings is 2. The number of hydrogen-bond donors (Lipinski definition) is 0. The highest BCUT2D eigenvalue weighted by molar-refractivity contribution is 5.95. The van der Waals surface area contributed by atoms with Crippen molar-refractivity contribution >= 4 is 16.6 Å². The molecule has 0 bridgehead atoms. The molecule has 0 spiro atoms. The molecule has 0 aliphatic carbocycles. The highest BCUT2D eigenvalue weighted by atomic mass is 16.5. The van der Waals surface area contributed by atoms with Crippen LogP contribution in [0.25, 0.3) is 10.8 Å². The summed E-state index contributed by atoms with van der Waals surface area (Å²) in [6, 6.07) is 14.6. The number of ketones is 1. The van der Waals surface area contributed by atoms with E-state index in [9.17, 15) is 4.79 Å². The Morgan fingerprint density at radius 2 is 2.03 bits per heavy atom. The number of carbonyl (C=O) groups is 1. The second kappa shape index (κ2) is 9.33. The summed E-state index contributed by atoms with van der Waals surface area (Å²) in [5, 5.41) is 6.48. The average molecular weight is 393 g/mol. The zero-order valence-corrected chi connectivity index (χ0v) is 16.9. The van der Waals surface area contributed by atoms with E-state index in [0.717, 1.165) is 37.2 Å². The minimum atomic E-state index is 0.0540. The lowest BCUT2D eigenvalue weighted by molar-refractivity contribution is 0.0874. The molecule has 0 saturated carbocycles. The summed E-state index contributed by atoms with van der Waals surface area (Å²) < 4.78 is 16.7. The van der Waals surface area contributed by atoms with Crippen molar-refractivity contribution in [2.45, 2.75) is 45.8 Å². The van der Waals surface area contributed by atoms with E-state index in [1.807, 2.05) is 19.1 Å². The summed E-state index contributed by atoms with van der Waals surface area (Å²) in [5.74, 6) is 1.19. The first-order valence-corrected chi connectivity index (χ1v) is 10.4. The van der Waals surface area contributed by atoms with E-state index >= 15 is 0 Å². The van der Waals surface area contributed by atoms with Crippen LogP contribution in [-0.2, 0) is 29.1 Å². The van der Waals surface area contributed by atoms with Crippen LogP contribution in [0.2, 0.25) is 0 Å². The molecule has 4 rings (SSSR count). The van der Waals surface area contributed by atoms with Crippen molar-refractivity contribution in [1.82, 2.24) is 5.16 Å². The van der Waals surface area contributed by atoms with Gasteiger partial charge in [0, 0.05) is 25.2 Å². The van der Waals surface area contributed by atoms with Crippen molar-refractivity contribution in [2.75, 3.05) is 13.2 Å². The highest BCUT2D eigenvalue weighted by Crippen LogP contribution is 2.23. The molecule has 1 saturated heterocycles. The van der Waals surface area contributed by atoms with E-state index in [2.05, 4.69) is 35.5 Å². The van der Waals surface area contributed by atoms with E-state index in [1.165, 1.54) is 10.8 Å². The summed E-state index contributed by atoms with van der Waals surface area (Å²) in [7, 11) is 0. The Morgan fingerprint density at radius 3 is 2.83 bits per heavy atom. The van der Waals surface area contributed by atoms with Gasteiger partial charge >= 0.3 is 0 Å². The topological polar surface area (TPSA) is 61.6 Å². The van der Waals surface area contributed by atoms with Gasteiger partial charge in [-0.05, 0) is 47.6 Å². The molecule has 2 aromatic carbocycles. The Hall–Kier alpha value is -2.50. The van der Waals surface area contributed by atoms with E-state index in [-0.39, 0.29) is 5.78 Å². The average Bonchev–Trinajstić information content (AvgIpc) is 3.41. The SMILES string of the molecule is CCc1c(C(=O)CCC2CCOC2)noc1COCc1ccc2ccccc2c1. The van der Waals surface area contributed by atoms with Crippen LogP contribution < -0.4 is 0 Å². The predicted octanol–water partition coefficient (Wildman–Crippen LogP) is 5.11. The molecular weight excluding hydrogens is 366 g/mol. The van der Waals surface area contributed by atoms with E-state index in [4.69, 9.17) is 14.0 Å². The number of Topliss-reactive ketones (excluding diaryl/α,β-unsaturated/α-hetero) is 1. The molecule has 1 aliphatic rings. The highest BCUT2D eigenvalue weighted by Gasteiger charge is 2.23. The summed E-state index contributed by atoms with van der Waals surface area (Å²) in [6.45, 7) is 4.38. The van der Waals surface area contributed by atoms with Gasteiger partial charge in [0.25, 0.3) is 0 Å². The molecule has 1 aliphatic heterocycles. The Morgan fingerprint density at radius 1 is 1.17 bits per heavy atom. The molecule has 29 heavy (non-hydrogen) atoms. The monoisotopic (exact) mass is 393 g/mol. The van der Waals surface area contributed by atoms with Crippen LogP contribution in [0.5, 0.6) is 0 Å². The van der Waals surface area contributed by atoms with Gasteiger partial charge in [-0.3, -0.25) is 4.79 Å². The van der Waals surface area contributed by atoms with E-state index in [1.54, 1.807) is 0 Å². The molecule has 5 heteroatoms. The van der Waals surface area contributed by atoms with Crippen molar-refractivity contribution in [3.63, 3.8) is 0 Å². The summed E-state index contributed by atoms with van der Waals surface area (Å²) >= 11 is 0. The number of aromatic nitrogens is 1. The minimum absolute atomic E-state index is 0.0540. The Bertz CT molecular complexity index is 972. The third-order valence-corrected chi connectivity index (χ3v) is 5.61. The van der Waals surface area contributed by atoms with Gasteiger partial charge in [-0.25, -0.2) is 0 Å². The quantitative estimate of drug-likeness (QED) is 0.473. The van der Waals surface area contributed by atoms with Gasteiger partial charge < -0.3 is 14.0 Å². The number of rotatable bonds is 9.